The fraction of sp³-hybridized carbons (Fsp3) is 0.389. The molecule has 1 aromatic heterocycles. The van der Waals surface area contributed by atoms with Crippen LogP contribution in [0, 0.1) is 5.92 Å². The molecule has 2 heterocycles. The quantitative estimate of drug-likeness (QED) is 0.848. The molecule has 1 aromatic carbocycles. The normalized spacial score (nSPS) is 17.4. The van der Waals surface area contributed by atoms with Crippen molar-refractivity contribution < 1.29 is 9.59 Å². The van der Waals surface area contributed by atoms with Crippen LogP contribution in [-0.2, 0) is 4.79 Å². The van der Waals surface area contributed by atoms with Gasteiger partial charge in [0.1, 0.15) is 0 Å². The summed E-state index contributed by atoms with van der Waals surface area (Å²) in [4.78, 5) is 31.0. The highest BCUT2D eigenvalue weighted by molar-refractivity contribution is 7.13. The minimum atomic E-state index is -0.221. The number of anilines is 1. The Balaban J connectivity index is 1.53. The molecule has 6 heteroatoms. The summed E-state index contributed by atoms with van der Waals surface area (Å²) in [7, 11) is 0. The molecule has 2 aromatic rings. The number of ketones is 1. The molecular weight excluding hydrogens is 322 g/mol. The first-order valence-corrected chi connectivity index (χ1v) is 9.07. The van der Waals surface area contributed by atoms with E-state index in [1.54, 1.807) is 6.20 Å². The van der Waals surface area contributed by atoms with E-state index in [2.05, 4.69) is 15.2 Å². The van der Waals surface area contributed by atoms with Crippen molar-refractivity contribution in [2.24, 2.45) is 5.92 Å². The van der Waals surface area contributed by atoms with Gasteiger partial charge in [0.2, 0.25) is 5.91 Å². The maximum Gasteiger partial charge on any atom is 0.243 e. The van der Waals surface area contributed by atoms with Gasteiger partial charge in [0.15, 0.2) is 10.9 Å². The first kappa shape index (κ1) is 16.8. The van der Waals surface area contributed by atoms with E-state index in [1.807, 2.05) is 42.6 Å². The molecule has 0 unspecified atom stereocenters. The lowest BCUT2D eigenvalue weighted by atomic mass is 9.88. The van der Waals surface area contributed by atoms with Gasteiger partial charge < -0.3 is 5.32 Å². The molecule has 0 bridgehead atoms. The van der Waals surface area contributed by atoms with Gasteiger partial charge in [-0.1, -0.05) is 30.3 Å². The average Bonchev–Trinajstić information content (AvgIpc) is 3.14. The minimum Gasteiger partial charge on any atom is -0.301 e. The standard InChI is InChI=1S/C18H21N3O2S/c1-13(17(23)20-18-19-9-12-24-18)21-10-7-15(8-11-21)16(22)14-5-3-2-4-6-14/h2-6,9,12-13,15H,7-8,10-11H2,1H3,(H,19,20,23)/t13-/m1/s1. The van der Waals surface area contributed by atoms with Crippen LogP contribution < -0.4 is 5.32 Å². The number of carbonyl (C=O) groups excluding carboxylic acids is 2. The molecule has 0 saturated carbocycles. The Labute approximate surface area is 145 Å². The Bertz CT molecular complexity index is 680. The van der Waals surface area contributed by atoms with Crippen LogP contribution in [0.1, 0.15) is 30.1 Å². The van der Waals surface area contributed by atoms with E-state index in [1.165, 1.54) is 11.3 Å². The first-order chi connectivity index (χ1) is 11.6. The molecular formula is C18H21N3O2S. The lowest BCUT2D eigenvalue weighted by Gasteiger charge is -2.34. The first-order valence-electron chi connectivity index (χ1n) is 8.19. The predicted octanol–water partition coefficient (Wildman–Crippen LogP) is 3.07. The Morgan fingerprint density at radius 1 is 1.25 bits per heavy atom. The summed E-state index contributed by atoms with van der Waals surface area (Å²) < 4.78 is 0. The molecule has 24 heavy (non-hydrogen) atoms. The number of likely N-dealkylation sites (tertiary alicyclic amines) is 1. The fourth-order valence-corrected chi connectivity index (χ4v) is 3.58. The number of hydrogen-bond donors (Lipinski definition) is 1. The number of piperidine rings is 1. The number of amides is 1. The van der Waals surface area contributed by atoms with Crippen molar-refractivity contribution in [1.82, 2.24) is 9.88 Å². The monoisotopic (exact) mass is 343 g/mol. The third-order valence-corrected chi connectivity index (χ3v) is 5.24. The van der Waals surface area contributed by atoms with Crippen molar-refractivity contribution in [2.75, 3.05) is 18.4 Å². The van der Waals surface area contributed by atoms with Gasteiger partial charge in [0.05, 0.1) is 6.04 Å². The van der Waals surface area contributed by atoms with Crippen LogP contribution in [0.4, 0.5) is 5.13 Å². The molecule has 1 amide bonds. The Hall–Kier alpha value is -2.05. The van der Waals surface area contributed by atoms with Crippen LogP contribution >= 0.6 is 11.3 Å². The van der Waals surface area contributed by atoms with E-state index in [-0.39, 0.29) is 23.7 Å². The van der Waals surface area contributed by atoms with Crippen LogP contribution in [0.5, 0.6) is 0 Å². The zero-order chi connectivity index (χ0) is 16.9. The number of hydrogen-bond acceptors (Lipinski definition) is 5. The molecule has 3 rings (SSSR count). The van der Waals surface area contributed by atoms with Crippen LogP contribution in [0.15, 0.2) is 41.9 Å². The van der Waals surface area contributed by atoms with Gasteiger partial charge in [0, 0.05) is 23.1 Å². The predicted molar refractivity (Wildman–Crippen MR) is 95.3 cm³/mol. The summed E-state index contributed by atoms with van der Waals surface area (Å²) in [6.45, 7) is 3.42. The van der Waals surface area contributed by atoms with Gasteiger partial charge in [0.25, 0.3) is 0 Å². The lowest BCUT2D eigenvalue weighted by Crippen LogP contribution is -2.47. The third kappa shape index (κ3) is 3.88. The number of nitrogens with one attached hydrogen (secondary N) is 1. The van der Waals surface area contributed by atoms with E-state index < -0.39 is 0 Å². The maximum atomic E-state index is 12.5. The van der Waals surface area contributed by atoms with E-state index in [0.717, 1.165) is 31.5 Å². The van der Waals surface area contributed by atoms with Gasteiger partial charge in [-0.05, 0) is 32.9 Å². The van der Waals surface area contributed by atoms with Crippen molar-refractivity contribution in [1.29, 1.82) is 0 Å². The van der Waals surface area contributed by atoms with Crippen molar-refractivity contribution in [3.8, 4) is 0 Å². The summed E-state index contributed by atoms with van der Waals surface area (Å²) >= 11 is 1.41. The molecule has 1 aliphatic heterocycles. The lowest BCUT2D eigenvalue weighted by molar-refractivity contribution is -0.121. The Morgan fingerprint density at radius 2 is 1.96 bits per heavy atom. The van der Waals surface area contributed by atoms with Crippen LogP contribution in [0.3, 0.4) is 0 Å². The van der Waals surface area contributed by atoms with Crippen LogP contribution in [0.2, 0.25) is 0 Å². The topological polar surface area (TPSA) is 62.3 Å². The highest BCUT2D eigenvalue weighted by Gasteiger charge is 2.30. The number of benzene rings is 1. The molecule has 5 nitrogen and oxygen atoms in total. The molecule has 1 fully saturated rings. The highest BCUT2D eigenvalue weighted by atomic mass is 32.1. The van der Waals surface area contributed by atoms with Crippen molar-refractivity contribution in [2.45, 2.75) is 25.8 Å². The van der Waals surface area contributed by atoms with Crippen molar-refractivity contribution in [3.63, 3.8) is 0 Å². The smallest absolute Gasteiger partial charge is 0.243 e. The van der Waals surface area contributed by atoms with Gasteiger partial charge in [-0.15, -0.1) is 11.3 Å². The van der Waals surface area contributed by atoms with Crippen molar-refractivity contribution >= 4 is 28.2 Å². The molecule has 1 N–H and O–H groups in total. The molecule has 0 aliphatic carbocycles. The van der Waals surface area contributed by atoms with E-state index in [0.29, 0.717) is 5.13 Å². The number of carbonyl (C=O) groups is 2. The molecule has 1 aliphatic rings. The summed E-state index contributed by atoms with van der Waals surface area (Å²) in [5, 5.41) is 5.30. The maximum absolute atomic E-state index is 12.5. The van der Waals surface area contributed by atoms with E-state index >= 15 is 0 Å². The summed E-state index contributed by atoms with van der Waals surface area (Å²) in [6.07, 6.45) is 3.26. The second-order valence-corrected chi connectivity index (χ2v) is 6.94. The molecule has 1 atom stereocenters. The number of nitrogens with zero attached hydrogens (tertiary/aromatic N) is 2. The van der Waals surface area contributed by atoms with Gasteiger partial charge >= 0.3 is 0 Å². The Morgan fingerprint density at radius 3 is 2.58 bits per heavy atom. The zero-order valence-electron chi connectivity index (χ0n) is 13.6. The summed E-state index contributed by atoms with van der Waals surface area (Å²) in [5.74, 6) is 0.228. The largest absolute Gasteiger partial charge is 0.301 e. The molecule has 1 saturated heterocycles. The minimum absolute atomic E-state index is 0.0437. The van der Waals surface area contributed by atoms with Gasteiger partial charge in [-0.3, -0.25) is 14.5 Å². The van der Waals surface area contributed by atoms with Gasteiger partial charge in [-0.2, -0.15) is 0 Å². The number of aromatic nitrogens is 1. The zero-order valence-corrected chi connectivity index (χ0v) is 14.5. The number of thiazole rings is 1. The summed E-state index contributed by atoms with van der Waals surface area (Å²) in [5.41, 5.74) is 0.783. The number of rotatable bonds is 5. The fourth-order valence-electron chi connectivity index (χ4n) is 3.05. The van der Waals surface area contributed by atoms with Crippen LogP contribution in [-0.4, -0.2) is 40.7 Å². The highest BCUT2D eigenvalue weighted by Crippen LogP contribution is 2.23. The average molecular weight is 343 g/mol. The second-order valence-electron chi connectivity index (χ2n) is 6.04. The van der Waals surface area contributed by atoms with Crippen LogP contribution in [0.25, 0.3) is 0 Å². The molecule has 126 valence electrons. The summed E-state index contributed by atoms with van der Waals surface area (Å²) in [6, 6.07) is 9.24. The number of Topliss-reactive ketones (excluding diaryl/α,β-unsaturated/α-hetero) is 1. The van der Waals surface area contributed by atoms with Crippen molar-refractivity contribution in [3.05, 3.63) is 47.5 Å². The SMILES string of the molecule is C[C@H](C(=O)Nc1nccs1)N1CCC(C(=O)c2ccccc2)CC1. The third-order valence-electron chi connectivity index (χ3n) is 4.55. The second kappa shape index (κ2) is 7.68. The molecule has 0 spiro atoms. The van der Waals surface area contributed by atoms with E-state index in [9.17, 15) is 9.59 Å². The Kier molecular flexibility index (Phi) is 5.37. The van der Waals surface area contributed by atoms with E-state index in [4.69, 9.17) is 0 Å². The molecule has 0 radical (unpaired) electrons. The van der Waals surface area contributed by atoms with Gasteiger partial charge in [-0.25, -0.2) is 4.98 Å².